The highest BCUT2D eigenvalue weighted by atomic mass is 16.6. The molecule has 0 unspecified atom stereocenters. The van der Waals surface area contributed by atoms with Crippen LogP contribution in [0.5, 0.6) is 0 Å². The number of likely N-dealkylation sites (tertiary alicyclic amines) is 1. The highest BCUT2D eigenvalue weighted by Gasteiger charge is 2.29. The summed E-state index contributed by atoms with van der Waals surface area (Å²) in [6.07, 6.45) is 3.37. The van der Waals surface area contributed by atoms with Gasteiger partial charge in [0.05, 0.1) is 16.2 Å². The Bertz CT molecular complexity index is 1010. The average Bonchev–Trinajstić information content (AvgIpc) is 2.84. The Morgan fingerprint density at radius 2 is 1.64 bits per heavy atom. The fourth-order valence-electron chi connectivity index (χ4n) is 4.59. The molecule has 2 heterocycles. The van der Waals surface area contributed by atoms with Crippen molar-refractivity contribution in [1.29, 1.82) is 0 Å². The summed E-state index contributed by atoms with van der Waals surface area (Å²) in [5.74, 6) is 0.351. The molecule has 1 N–H and O–H groups in total. The molecular formula is C25H30N4O4. The standard InChI is InChI=1S/C25H30N4O4/c1-18-9-13-27(14-10-18)23-8-7-21(29(32)33)17-22(23)25(31)28-15-11-20(12-16-28)26-24(30)19-5-3-2-4-6-19/h2-8,17-18,20H,9-16H2,1H3,(H,26,30). The predicted octanol–water partition coefficient (Wildman–Crippen LogP) is 3.87. The number of nitrogens with zero attached hydrogens (tertiary/aromatic N) is 3. The van der Waals surface area contributed by atoms with Crippen LogP contribution in [0, 0.1) is 16.0 Å². The van der Waals surface area contributed by atoms with E-state index < -0.39 is 4.92 Å². The number of piperidine rings is 2. The van der Waals surface area contributed by atoms with Crippen molar-refractivity contribution in [3.8, 4) is 0 Å². The summed E-state index contributed by atoms with van der Waals surface area (Å²) in [6.45, 7) is 4.90. The fourth-order valence-corrected chi connectivity index (χ4v) is 4.59. The van der Waals surface area contributed by atoms with Gasteiger partial charge in [-0.25, -0.2) is 0 Å². The Morgan fingerprint density at radius 1 is 0.970 bits per heavy atom. The van der Waals surface area contributed by atoms with E-state index in [0.717, 1.165) is 31.6 Å². The van der Waals surface area contributed by atoms with Crippen molar-refractivity contribution in [2.75, 3.05) is 31.1 Å². The minimum atomic E-state index is -0.454. The Hall–Kier alpha value is -3.42. The molecule has 8 heteroatoms. The van der Waals surface area contributed by atoms with Crippen LogP contribution in [0.15, 0.2) is 48.5 Å². The van der Waals surface area contributed by atoms with E-state index in [9.17, 15) is 19.7 Å². The fraction of sp³-hybridized carbons (Fsp3) is 0.440. The Labute approximate surface area is 193 Å². The van der Waals surface area contributed by atoms with Crippen LogP contribution in [0.4, 0.5) is 11.4 Å². The third-order valence-electron chi connectivity index (χ3n) is 6.70. The molecule has 0 bridgehead atoms. The summed E-state index contributed by atoms with van der Waals surface area (Å²) in [4.78, 5) is 40.7. The molecule has 2 aliphatic heterocycles. The van der Waals surface area contributed by atoms with Gasteiger partial charge in [-0.3, -0.25) is 19.7 Å². The van der Waals surface area contributed by atoms with Crippen molar-refractivity contribution in [1.82, 2.24) is 10.2 Å². The summed E-state index contributed by atoms with van der Waals surface area (Å²) in [7, 11) is 0. The van der Waals surface area contributed by atoms with Crippen LogP contribution in [0.25, 0.3) is 0 Å². The number of anilines is 1. The number of rotatable bonds is 5. The first-order valence-corrected chi connectivity index (χ1v) is 11.6. The number of non-ortho nitro benzene ring substituents is 1. The lowest BCUT2D eigenvalue weighted by Gasteiger charge is -2.35. The van der Waals surface area contributed by atoms with Crippen molar-refractivity contribution < 1.29 is 14.5 Å². The third-order valence-corrected chi connectivity index (χ3v) is 6.70. The Kier molecular flexibility index (Phi) is 6.91. The summed E-state index contributed by atoms with van der Waals surface area (Å²) >= 11 is 0. The van der Waals surface area contributed by atoms with Crippen molar-refractivity contribution in [3.63, 3.8) is 0 Å². The summed E-state index contributed by atoms with van der Waals surface area (Å²) in [5, 5.41) is 14.4. The maximum atomic E-state index is 13.4. The number of benzene rings is 2. The summed E-state index contributed by atoms with van der Waals surface area (Å²) in [5.41, 5.74) is 1.72. The number of amides is 2. The molecular weight excluding hydrogens is 420 g/mol. The van der Waals surface area contributed by atoms with E-state index >= 15 is 0 Å². The molecule has 2 aromatic carbocycles. The van der Waals surface area contributed by atoms with E-state index in [1.165, 1.54) is 12.1 Å². The van der Waals surface area contributed by atoms with E-state index in [0.29, 0.717) is 43.0 Å². The van der Waals surface area contributed by atoms with Crippen molar-refractivity contribution >= 4 is 23.2 Å². The molecule has 4 rings (SSSR count). The maximum absolute atomic E-state index is 13.4. The highest BCUT2D eigenvalue weighted by Crippen LogP contribution is 2.31. The largest absolute Gasteiger partial charge is 0.371 e. The molecule has 0 saturated carbocycles. The minimum absolute atomic E-state index is 0.00471. The Morgan fingerprint density at radius 3 is 2.27 bits per heavy atom. The van der Waals surface area contributed by atoms with Gasteiger partial charge in [-0.1, -0.05) is 25.1 Å². The Balaban J connectivity index is 1.45. The van der Waals surface area contributed by atoms with Crippen LogP contribution in [0.1, 0.15) is 53.3 Å². The number of nitro groups is 1. The van der Waals surface area contributed by atoms with Crippen molar-refractivity contribution in [2.45, 2.75) is 38.6 Å². The normalized spacial score (nSPS) is 17.6. The number of nitrogens with one attached hydrogen (secondary N) is 1. The van der Waals surface area contributed by atoms with Crippen LogP contribution in [0.2, 0.25) is 0 Å². The zero-order valence-corrected chi connectivity index (χ0v) is 18.9. The van der Waals surface area contributed by atoms with Gasteiger partial charge in [0.15, 0.2) is 0 Å². The van der Waals surface area contributed by atoms with Gasteiger partial charge in [-0.05, 0) is 49.8 Å². The molecule has 174 valence electrons. The zero-order chi connectivity index (χ0) is 23.4. The smallest absolute Gasteiger partial charge is 0.270 e. The second-order valence-electron chi connectivity index (χ2n) is 9.03. The lowest BCUT2D eigenvalue weighted by Crippen LogP contribution is -2.47. The molecule has 2 saturated heterocycles. The van der Waals surface area contributed by atoms with E-state index in [1.54, 1.807) is 23.1 Å². The average molecular weight is 451 g/mol. The van der Waals surface area contributed by atoms with E-state index in [-0.39, 0.29) is 23.5 Å². The molecule has 8 nitrogen and oxygen atoms in total. The van der Waals surface area contributed by atoms with Crippen LogP contribution >= 0.6 is 0 Å². The van der Waals surface area contributed by atoms with Gasteiger partial charge in [0.1, 0.15) is 0 Å². The SMILES string of the molecule is CC1CCN(c2ccc([N+](=O)[O-])cc2C(=O)N2CCC(NC(=O)c3ccccc3)CC2)CC1. The van der Waals surface area contributed by atoms with E-state index in [2.05, 4.69) is 17.1 Å². The summed E-state index contributed by atoms with van der Waals surface area (Å²) in [6, 6.07) is 13.7. The first-order chi connectivity index (χ1) is 15.9. The minimum Gasteiger partial charge on any atom is -0.371 e. The zero-order valence-electron chi connectivity index (χ0n) is 18.9. The van der Waals surface area contributed by atoms with Gasteiger partial charge in [-0.15, -0.1) is 0 Å². The molecule has 2 aliphatic rings. The number of nitro benzene ring substituents is 1. The molecule has 0 aliphatic carbocycles. The molecule has 0 radical (unpaired) electrons. The summed E-state index contributed by atoms with van der Waals surface area (Å²) < 4.78 is 0. The first-order valence-electron chi connectivity index (χ1n) is 11.6. The lowest BCUT2D eigenvalue weighted by molar-refractivity contribution is -0.384. The molecule has 2 aromatic rings. The number of carbonyl (C=O) groups is 2. The van der Waals surface area contributed by atoms with E-state index in [1.807, 2.05) is 18.2 Å². The molecule has 0 atom stereocenters. The van der Waals surface area contributed by atoms with E-state index in [4.69, 9.17) is 0 Å². The van der Waals surface area contributed by atoms with Crippen LogP contribution in [-0.4, -0.2) is 53.9 Å². The second-order valence-corrected chi connectivity index (χ2v) is 9.03. The van der Waals surface area contributed by atoms with Gasteiger partial charge in [-0.2, -0.15) is 0 Å². The quantitative estimate of drug-likeness (QED) is 0.551. The molecule has 33 heavy (non-hydrogen) atoms. The van der Waals surface area contributed by atoms with Gasteiger partial charge in [0.2, 0.25) is 0 Å². The predicted molar refractivity (Wildman–Crippen MR) is 127 cm³/mol. The van der Waals surface area contributed by atoms with Crippen LogP contribution in [0.3, 0.4) is 0 Å². The molecule has 2 amide bonds. The van der Waals surface area contributed by atoms with Crippen LogP contribution < -0.4 is 10.2 Å². The van der Waals surface area contributed by atoms with Crippen molar-refractivity contribution in [2.24, 2.45) is 5.92 Å². The molecule has 2 fully saturated rings. The number of hydrogen-bond acceptors (Lipinski definition) is 5. The number of hydrogen-bond donors (Lipinski definition) is 1. The molecule has 0 spiro atoms. The third kappa shape index (κ3) is 5.32. The van der Waals surface area contributed by atoms with Gasteiger partial charge >= 0.3 is 0 Å². The topological polar surface area (TPSA) is 95.8 Å². The number of carbonyl (C=O) groups excluding carboxylic acids is 2. The highest BCUT2D eigenvalue weighted by molar-refractivity contribution is 6.00. The van der Waals surface area contributed by atoms with Crippen molar-refractivity contribution in [3.05, 3.63) is 69.8 Å². The molecule has 0 aromatic heterocycles. The second kappa shape index (κ2) is 10.0. The maximum Gasteiger partial charge on any atom is 0.270 e. The lowest BCUT2D eigenvalue weighted by atomic mass is 9.97. The van der Waals surface area contributed by atoms with Gasteiger partial charge in [0, 0.05) is 49.9 Å². The monoisotopic (exact) mass is 450 g/mol. The van der Waals surface area contributed by atoms with Gasteiger partial charge < -0.3 is 15.1 Å². The van der Waals surface area contributed by atoms with Gasteiger partial charge in [0.25, 0.3) is 17.5 Å². The van der Waals surface area contributed by atoms with Crippen LogP contribution in [-0.2, 0) is 0 Å². The first kappa shape index (κ1) is 22.8.